The van der Waals surface area contributed by atoms with E-state index >= 15 is 0 Å². The lowest BCUT2D eigenvalue weighted by molar-refractivity contribution is -0.135. The molecule has 1 aromatic heterocycles. The molecule has 3 aliphatic rings. The summed E-state index contributed by atoms with van der Waals surface area (Å²) < 4.78 is 3.21. The molecule has 4 N–H and O–H groups in total. The van der Waals surface area contributed by atoms with E-state index in [9.17, 15) is 14.4 Å². The number of H-pyrrole nitrogens is 1. The van der Waals surface area contributed by atoms with Gasteiger partial charge in [0.25, 0.3) is 0 Å². The van der Waals surface area contributed by atoms with Crippen molar-refractivity contribution in [1.82, 2.24) is 29.6 Å². The van der Waals surface area contributed by atoms with E-state index in [0.717, 1.165) is 51.9 Å². The number of nitrogens with one attached hydrogen (secondary N) is 2. The molecule has 0 saturated carbocycles. The third-order valence-corrected chi connectivity index (χ3v) is 12.0. The average molecular weight is 806 g/mol. The number of urea groups is 1. The summed E-state index contributed by atoms with van der Waals surface area (Å²) in [5.41, 5.74) is 8.99. The predicted molar refractivity (Wildman–Crippen MR) is 197 cm³/mol. The van der Waals surface area contributed by atoms with E-state index in [0.29, 0.717) is 67.8 Å². The van der Waals surface area contributed by atoms with Gasteiger partial charge in [0.15, 0.2) is 0 Å². The van der Waals surface area contributed by atoms with Crippen molar-refractivity contribution in [3.8, 4) is 11.3 Å². The van der Waals surface area contributed by atoms with Gasteiger partial charge in [0, 0.05) is 64.4 Å². The van der Waals surface area contributed by atoms with Gasteiger partial charge >= 0.3 is 11.7 Å². The van der Waals surface area contributed by atoms with Crippen molar-refractivity contribution < 1.29 is 9.59 Å². The number of halogens is 3. The molecular formula is C35H44Br2ClN7O3. The van der Waals surface area contributed by atoms with E-state index in [4.69, 9.17) is 17.3 Å². The SMILES string of the molecule is CN1CCC(C2CCN(C(=O)[C@@H](Cc3cc(Br)c(N)c(Br)c3)NC(=O)N3CCC(n4cc(-c5cccc(Cl)c5)[nH]c4=O)CC3)CC2)CC1. The van der Waals surface area contributed by atoms with Crippen molar-refractivity contribution in [2.45, 2.75) is 57.0 Å². The fourth-order valence-electron chi connectivity index (χ4n) is 7.57. The van der Waals surface area contributed by atoms with Gasteiger partial charge in [0.2, 0.25) is 5.91 Å². The van der Waals surface area contributed by atoms with Crippen LogP contribution in [-0.2, 0) is 11.2 Å². The second-order valence-electron chi connectivity index (χ2n) is 13.6. The molecule has 3 fully saturated rings. The maximum absolute atomic E-state index is 14.1. The van der Waals surface area contributed by atoms with E-state index in [-0.39, 0.29) is 23.7 Å². The number of carbonyl (C=O) groups is 2. The second-order valence-corrected chi connectivity index (χ2v) is 15.7. The molecule has 0 bridgehead atoms. The lowest BCUT2D eigenvalue weighted by Gasteiger charge is -2.40. The van der Waals surface area contributed by atoms with Gasteiger partial charge in [0.05, 0.1) is 11.4 Å². The molecule has 4 heterocycles. The van der Waals surface area contributed by atoms with Crippen molar-refractivity contribution in [3.63, 3.8) is 0 Å². The molecule has 0 aliphatic carbocycles. The number of aromatic nitrogens is 2. The minimum Gasteiger partial charge on any atom is -0.397 e. The van der Waals surface area contributed by atoms with Gasteiger partial charge in [0.1, 0.15) is 6.04 Å². The van der Waals surface area contributed by atoms with E-state index < -0.39 is 6.04 Å². The van der Waals surface area contributed by atoms with E-state index in [1.165, 1.54) is 12.8 Å². The number of likely N-dealkylation sites (tertiary alicyclic amines) is 3. The van der Waals surface area contributed by atoms with Crippen LogP contribution in [0.5, 0.6) is 0 Å². The van der Waals surface area contributed by atoms with Gasteiger partial charge in [-0.05, 0) is 132 Å². The van der Waals surface area contributed by atoms with Crippen LogP contribution in [-0.4, -0.2) is 88.5 Å². The maximum atomic E-state index is 14.1. The van der Waals surface area contributed by atoms with Crippen molar-refractivity contribution in [2.24, 2.45) is 11.8 Å². The number of amides is 3. The van der Waals surface area contributed by atoms with E-state index in [1.807, 2.05) is 41.4 Å². The van der Waals surface area contributed by atoms with Crippen LogP contribution in [0.3, 0.4) is 0 Å². The number of piperidine rings is 3. The van der Waals surface area contributed by atoms with Crippen LogP contribution in [0.2, 0.25) is 5.02 Å². The minimum atomic E-state index is -0.718. The Bertz CT molecular complexity index is 1650. The lowest BCUT2D eigenvalue weighted by atomic mass is 9.79. The molecule has 48 heavy (non-hydrogen) atoms. The number of imidazole rings is 1. The Hall–Kier alpha value is -2.80. The first-order valence-corrected chi connectivity index (χ1v) is 18.9. The number of hydrogen-bond donors (Lipinski definition) is 3. The zero-order valence-corrected chi connectivity index (χ0v) is 31.2. The molecule has 3 amide bonds. The van der Waals surface area contributed by atoms with Gasteiger partial charge < -0.3 is 30.7 Å². The predicted octanol–water partition coefficient (Wildman–Crippen LogP) is 6.14. The highest BCUT2D eigenvalue weighted by atomic mass is 79.9. The zero-order chi connectivity index (χ0) is 33.9. The number of nitrogens with zero attached hydrogens (tertiary/aromatic N) is 4. The summed E-state index contributed by atoms with van der Waals surface area (Å²) in [4.78, 5) is 49.7. The van der Waals surface area contributed by atoms with E-state index in [2.05, 4.69) is 54.1 Å². The Labute approximate surface area is 303 Å². The lowest BCUT2D eigenvalue weighted by Crippen LogP contribution is -2.55. The van der Waals surface area contributed by atoms with Gasteiger partial charge in [-0.2, -0.15) is 0 Å². The number of nitrogens with two attached hydrogens (primary N) is 1. The fourth-order valence-corrected chi connectivity index (χ4v) is 9.04. The summed E-state index contributed by atoms with van der Waals surface area (Å²) in [6, 6.07) is 10.2. The first-order chi connectivity index (χ1) is 23.0. The topological polar surface area (TPSA) is 120 Å². The standard InChI is InChI=1S/C35H44Br2ClN7O3/c1-42-11-5-23(6-12-42)24-7-13-43(14-8-24)33(46)30(19-22-17-28(36)32(39)29(37)18-22)40-34(47)44-15-9-27(10-16-44)45-21-31(41-35(45)48)25-3-2-4-26(38)20-25/h2-4,17-18,20-21,23-24,27,30H,5-16,19,39H2,1H3,(H,40,47)(H,41,48)/t30-/m1/s1. The Kier molecular flexibility index (Phi) is 11.2. The monoisotopic (exact) mass is 803 g/mol. The van der Waals surface area contributed by atoms with Crippen molar-refractivity contribution in [2.75, 3.05) is 52.0 Å². The van der Waals surface area contributed by atoms with Crippen LogP contribution in [0.25, 0.3) is 11.3 Å². The molecule has 10 nitrogen and oxygen atoms in total. The van der Waals surface area contributed by atoms with Crippen molar-refractivity contribution in [1.29, 1.82) is 0 Å². The molecule has 0 spiro atoms. The largest absolute Gasteiger partial charge is 0.397 e. The molecule has 1 atom stereocenters. The van der Waals surface area contributed by atoms with Crippen LogP contribution >= 0.6 is 43.5 Å². The van der Waals surface area contributed by atoms with Crippen LogP contribution in [0.1, 0.15) is 50.1 Å². The Balaban J connectivity index is 1.10. The molecule has 3 aromatic rings. The Morgan fingerprint density at radius 2 is 1.54 bits per heavy atom. The molecule has 0 unspecified atom stereocenters. The summed E-state index contributed by atoms with van der Waals surface area (Å²) in [6.45, 7) is 4.67. The number of aromatic amines is 1. The van der Waals surface area contributed by atoms with E-state index in [1.54, 1.807) is 15.5 Å². The number of benzene rings is 2. The van der Waals surface area contributed by atoms with Crippen LogP contribution in [0.4, 0.5) is 10.5 Å². The Morgan fingerprint density at radius 1 is 0.938 bits per heavy atom. The van der Waals surface area contributed by atoms with Gasteiger partial charge in [-0.1, -0.05) is 23.7 Å². The van der Waals surface area contributed by atoms with Gasteiger partial charge in [-0.3, -0.25) is 9.36 Å². The van der Waals surface area contributed by atoms with Crippen molar-refractivity contribution >= 4 is 61.1 Å². The number of hydrogen-bond acceptors (Lipinski definition) is 5. The molecule has 2 aromatic carbocycles. The summed E-state index contributed by atoms with van der Waals surface area (Å²) in [5, 5.41) is 3.71. The number of anilines is 1. The third-order valence-electron chi connectivity index (χ3n) is 10.5. The van der Waals surface area contributed by atoms with Gasteiger partial charge in [-0.25, -0.2) is 9.59 Å². The first kappa shape index (κ1) is 35.0. The van der Waals surface area contributed by atoms with Crippen LogP contribution in [0, 0.1) is 11.8 Å². The Morgan fingerprint density at radius 3 is 2.17 bits per heavy atom. The quantitative estimate of drug-likeness (QED) is 0.248. The summed E-state index contributed by atoms with van der Waals surface area (Å²) >= 11 is 13.2. The highest BCUT2D eigenvalue weighted by molar-refractivity contribution is 9.11. The zero-order valence-electron chi connectivity index (χ0n) is 27.3. The van der Waals surface area contributed by atoms with Crippen LogP contribution < -0.4 is 16.7 Å². The van der Waals surface area contributed by atoms with Crippen LogP contribution in [0.15, 0.2) is 56.3 Å². The number of carbonyl (C=O) groups excluding carboxylic acids is 2. The third kappa shape index (κ3) is 8.14. The first-order valence-electron chi connectivity index (χ1n) is 16.9. The summed E-state index contributed by atoms with van der Waals surface area (Å²) in [5.74, 6) is 1.33. The number of rotatable bonds is 7. The summed E-state index contributed by atoms with van der Waals surface area (Å²) in [6.07, 6.45) is 7.90. The smallest absolute Gasteiger partial charge is 0.326 e. The van der Waals surface area contributed by atoms with Crippen molar-refractivity contribution in [3.05, 3.63) is 72.6 Å². The highest BCUT2D eigenvalue weighted by Gasteiger charge is 2.34. The molecule has 6 rings (SSSR count). The minimum absolute atomic E-state index is 0.0431. The van der Waals surface area contributed by atoms with Gasteiger partial charge in [-0.15, -0.1) is 0 Å². The summed E-state index contributed by atoms with van der Waals surface area (Å²) in [7, 11) is 2.19. The molecule has 0 radical (unpaired) electrons. The normalized spacial score (nSPS) is 19.4. The molecular weight excluding hydrogens is 762 g/mol. The second kappa shape index (κ2) is 15.4. The molecule has 13 heteroatoms. The highest BCUT2D eigenvalue weighted by Crippen LogP contribution is 2.33. The average Bonchev–Trinajstić information content (AvgIpc) is 3.48. The fraction of sp³-hybridized carbons (Fsp3) is 0.514. The molecule has 3 aliphatic heterocycles. The molecule has 258 valence electrons. The maximum Gasteiger partial charge on any atom is 0.326 e. The number of nitrogen functional groups attached to an aromatic ring is 1. The molecule has 3 saturated heterocycles.